The summed E-state index contributed by atoms with van der Waals surface area (Å²) in [5, 5.41) is 2.78. The van der Waals surface area contributed by atoms with E-state index in [1.54, 1.807) is 11.3 Å². The molecule has 0 atom stereocenters. The number of thiophene rings is 1. The zero-order valence-corrected chi connectivity index (χ0v) is 11.0. The first-order valence-corrected chi connectivity index (χ1v) is 7.14. The van der Waals surface area contributed by atoms with Crippen molar-refractivity contribution >= 4 is 40.1 Å². The van der Waals surface area contributed by atoms with Crippen molar-refractivity contribution in [1.82, 2.24) is 0 Å². The molecule has 0 fully saturated rings. The summed E-state index contributed by atoms with van der Waals surface area (Å²) in [7, 11) is 0. The van der Waals surface area contributed by atoms with E-state index in [1.165, 1.54) is 11.8 Å². The van der Waals surface area contributed by atoms with E-state index in [1.807, 2.05) is 53.9 Å². The second kappa shape index (κ2) is 4.92. The van der Waals surface area contributed by atoms with E-state index in [0.717, 1.165) is 15.5 Å². The van der Waals surface area contributed by atoms with Crippen LogP contribution in [-0.2, 0) is 4.79 Å². The van der Waals surface area contributed by atoms with Gasteiger partial charge in [0.2, 0.25) is 0 Å². The first-order chi connectivity index (χ1) is 8.83. The number of benzene rings is 1. The summed E-state index contributed by atoms with van der Waals surface area (Å²) in [4.78, 5) is 17.7. The van der Waals surface area contributed by atoms with Crippen molar-refractivity contribution in [1.29, 1.82) is 0 Å². The lowest BCUT2D eigenvalue weighted by atomic mass is 10.2. The van der Waals surface area contributed by atoms with Crippen molar-refractivity contribution in [3.63, 3.8) is 0 Å². The highest BCUT2D eigenvalue weighted by Gasteiger charge is 2.22. The first-order valence-electron chi connectivity index (χ1n) is 5.44. The minimum absolute atomic E-state index is 0.146. The fraction of sp³-hybridized carbons (Fsp3) is 0. The number of hydrogen-bond acceptors (Lipinski definition) is 3. The standard InChI is InChI=1S/C14H9NOS2/c16-13-12(9-11-7-4-8-17-11)18-14(15-13)10-5-2-1-3-6-10/h1-9H/b12-9-. The van der Waals surface area contributed by atoms with Gasteiger partial charge in [0, 0.05) is 10.4 Å². The summed E-state index contributed by atoms with van der Waals surface area (Å²) < 4.78 is 0. The monoisotopic (exact) mass is 271 g/mol. The average Bonchev–Trinajstić information content (AvgIpc) is 3.02. The van der Waals surface area contributed by atoms with Gasteiger partial charge in [-0.2, -0.15) is 0 Å². The third-order valence-electron chi connectivity index (χ3n) is 2.46. The molecule has 0 bridgehead atoms. The van der Waals surface area contributed by atoms with E-state index < -0.39 is 0 Å². The van der Waals surface area contributed by atoms with Gasteiger partial charge in [0.05, 0.1) is 4.91 Å². The van der Waals surface area contributed by atoms with Gasteiger partial charge in [-0.1, -0.05) is 48.2 Å². The van der Waals surface area contributed by atoms with Crippen molar-refractivity contribution in [2.45, 2.75) is 0 Å². The zero-order chi connectivity index (χ0) is 12.4. The molecule has 2 nitrogen and oxygen atoms in total. The number of carbonyl (C=O) groups is 1. The molecule has 0 aliphatic carbocycles. The molecule has 1 amide bonds. The maximum Gasteiger partial charge on any atom is 0.284 e. The number of amides is 1. The Morgan fingerprint density at radius 3 is 2.61 bits per heavy atom. The SMILES string of the molecule is O=C1N=C(c2ccccc2)S/C1=C\c1cccs1. The van der Waals surface area contributed by atoms with E-state index in [0.29, 0.717) is 4.91 Å². The quantitative estimate of drug-likeness (QED) is 0.777. The number of hydrogen-bond donors (Lipinski definition) is 0. The molecule has 2 heterocycles. The number of aliphatic imine (C=N–C) groups is 1. The second-order valence-corrected chi connectivity index (χ2v) is 5.72. The molecule has 1 aromatic carbocycles. The van der Waals surface area contributed by atoms with Crippen molar-refractivity contribution in [3.05, 3.63) is 63.2 Å². The van der Waals surface area contributed by atoms with Gasteiger partial charge in [0.1, 0.15) is 5.04 Å². The van der Waals surface area contributed by atoms with E-state index in [2.05, 4.69) is 4.99 Å². The van der Waals surface area contributed by atoms with Crippen molar-refractivity contribution in [3.8, 4) is 0 Å². The van der Waals surface area contributed by atoms with Gasteiger partial charge in [-0.25, -0.2) is 4.99 Å². The van der Waals surface area contributed by atoms with Crippen LogP contribution in [0.5, 0.6) is 0 Å². The van der Waals surface area contributed by atoms with Crippen LogP contribution in [0, 0.1) is 0 Å². The molecule has 0 N–H and O–H groups in total. The number of rotatable bonds is 2. The lowest BCUT2D eigenvalue weighted by molar-refractivity contribution is -0.113. The molecule has 4 heteroatoms. The summed E-state index contributed by atoms with van der Waals surface area (Å²) in [6, 6.07) is 13.7. The van der Waals surface area contributed by atoms with E-state index in [-0.39, 0.29) is 5.91 Å². The minimum atomic E-state index is -0.146. The maximum atomic E-state index is 11.8. The number of nitrogens with zero attached hydrogens (tertiary/aromatic N) is 1. The highest BCUT2D eigenvalue weighted by atomic mass is 32.2. The van der Waals surface area contributed by atoms with Gasteiger partial charge in [0.15, 0.2) is 0 Å². The molecule has 18 heavy (non-hydrogen) atoms. The van der Waals surface area contributed by atoms with Crippen molar-refractivity contribution < 1.29 is 4.79 Å². The summed E-state index contributed by atoms with van der Waals surface area (Å²) in [6.07, 6.45) is 1.90. The fourth-order valence-corrected chi connectivity index (χ4v) is 3.26. The second-order valence-electron chi connectivity index (χ2n) is 3.71. The molecule has 3 rings (SSSR count). The molecule has 1 aromatic heterocycles. The third kappa shape index (κ3) is 2.30. The molecule has 0 unspecified atom stereocenters. The summed E-state index contributed by atoms with van der Waals surface area (Å²) >= 11 is 3.05. The fourth-order valence-electron chi connectivity index (χ4n) is 1.62. The van der Waals surface area contributed by atoms with Gasteiger partial charge >= 0.3 is 0 Å². The Kier molecular flexibility index (Phi) is 3.13. The zero-order valence-electron chi connectivity index (χ0n) is 9.37. The number of carbonyl (C=O) groups excluding carboxylic acids is 1. The Morgan fingerprint density at radius 1 is 1.06 bits per heavy atom. The van der Waals surface area contributed by atoms with Crippen LogP contribution < -0.4 is 0 Å². The van der Waals surface area contributed by atoms with Gasteiger partial charge < -0.3 is 0 Å². The van der Waals surface area contributed by atoms with Gasteiger partial charge in [0.25, 0.3) is 5.91 Å². The maximum absolute atomic E-state index is 11.8. The Labute approximate surface area is 113 Å². The minimum Gasteiger partial charge on any atom is -0.266 e. The van der Waals surface area contributed by atoms with Crippen molar-refractivity contribution in [2.24, 2.45) is 4.99 Å². The lowest BCUT2D eigenvalue weighted by Crippen LogP contribution is -1.89. The molecular weight excluding hydrogens is 262 g/mol. The predicted octanol–water partition coefficient (Wildman–Crippen LogP) is 3.81. The molecule has 0 saturated heterocycles. The normalized spacial score (nSPS) is 17.2. The van der Waals surface area contributed by atoms with Crippen LogP contribution in [-0.4, -0.2) is 11.0 Å². The van der Waals surface area contributed by atoms with Gasteiger partial charge in [-0.3, -0.25) is 4.79 Å². The largest absolute Gasteiger partial charge is 0.284 e. The lowest BCUT2D eigenvalue weighted by Gasteiger charge is -1.97. The highest BCUT2D eigenvalue weighted by Crippen LogP contribution is 2.32. The van der Waals surface area contributed by atoms with E-state index in [4.69, 9.17) is 0 Å². The first kappa shape index (κ1) is 11.4. The average molecular weight is 271 g/mol. The summed E-state index contributed by atoms with van der Waals surface area (Å²) in [5.74, 6) is -0.146. The predicted molar refractivity (Wildman–Crippen MR) is 77.9 cm³/mol. The van der Waals surface area contributed by atoms with Crippen molar-refractivity contribution in [2.75, 3.05) is 0 Å². The molecule has 0 saturated carbocycles. The van der Waals surface area contributed by atoms with Crippen LogP contribution in [0.3, 0.4) is 0 Å². The Morgan fingerprint density at radius 2 is 1.89 bits per heavy atom. The van der Waals surface area contributed by atoms with E-state index >= 15 is 0 Å². The molecule has 0 radical (unpaired) electrons. The Hall–Kier alpha value is -1.65. The smallest absolute Gasteiger partial charge is 0.266 e. The molecule has 0 spiro atoms. The van der Waals surface area contributed by atoms with Crippen LogP contribution in [0.25, 0.3) is 6.08 Å². The van der Waals surface area contributed by atoms with Crippen LogP contribution >= 0.6 is 23.1 Å². The van der Waals surface area contributed by atoms with E-state index in [9.17, 15) is 4.79 Å². The number of thioether (sulfide) groups is 1. The molecule has 2 aromatic rings. The molecular formula is C14H9NOS2. The van der Waals surface area contributed by atoms with Gasteiger partial charge in [-0.05, 0) is 17.5 Å². The van der Waals surface area contributed by atoms with Crippen LogP contribution in [0.15, 0.2) is 57.7 Å². The molecule has 1 aliphatic heterocycles. The third-order valence-corrected chi connectivity index (χ3v) is 4.31. The van der Waals surface area contributed by atoms with Crippen LogP contribution in [0.1, 0.15) is 10.4 Å². The van der Waals surface area contributed by atoms with Gasteiger partial charge in [-0.15, -0.1) is 11.3 Å². The Bertz CT molecular complexity index is 627. The summed E-state index contributed by atoms with van der Waals surface area (Å²) in [6.45, 7) is 0. The highest BCUT2D eigenvalue weighted by molar-refractivity contribution is 8.19. The summed E-state index contributed by atoms with van der Waals surface area (Å²) in [5.41, 5.74) is 0.991. The van der Waals surface area contributed by atoms with Crippen LogP contribution in [0.2, 0.25) is 0 Å². The topological polar surface area (TPSA) is 29.4 Å². The molecule has 1 aliphatic rings. The molecule has 88 valence electrons. The Balaban J connectivity index is 1.87. The van der Waals surface area contributed by atoms with Crippen LogP contribution in [0.4, 0.5) is 0 Å².